The smallest absolute Gasteiger partial charge is 0.422 e. The predicted octanol–water partition coefficient (Wildman–Crippen LogP) is 2.22. The molecule has 134 valence electrons. The number of carbonyl (C=O) groups excluding carboxylic acids is 1. The maximum Gasteiger partial charge on any atom is 0.422 e. The Kier molecular flexibility index (Phi) is 6.30. The number of amides is 1. The fraction of sp³-hybridized carbons (Fsp3) is 0.562. The van der Waals surface area contributed by atoms with Gasteiger partial charge in [0.15, 0.2) is 24.7 Å². The molecule has 1 aliphatic heterocycles. The second-order valence-corrected chi connectivity index (χ2v) is 5.61. The van der Waals surface area contributed by atoms with E-state index in [2.05, 4.69) is 5.32 Å². The molecule has 1 saturated heterocycles. The summed E-state index contributed by atoms with van der Waals surface area (Å²) in [4.78, 5) is 13.9. The summed E-state index contributed by atoms with van der Waals surface area (Å²) in [6, 6.07) is 6.26. The van der Waals surface area contributed by atoms with E-state index in [0.29, 0.717) is 13.1 Å². The van der Waals surface area contributed by atoms with Gasteiger partial charge in [-0.05, 0) is 32.0 Å². The largest absolute Gasteiger partial charge is 0.480 e. The Labute approximate surface area is 138 Å². The number of rotatable bonds is 6. The zero-order valence-electron chi connectivity index (χ0n) is 13.4. The number of hydrogen-bond acceptors (Lipinski definition) is 4. The Morgan fingerprint density at radius 3 is 2.58 bits per heavy atom. The second kappa shape index (κ2) is 8.23. The molecule has 0 saturated carbocycles. The van der Waals surface area contributed by atoms with Gasteiger partial charge in [0.1, 0.15) is 0 Å². The Morgan fingerprint density at radius 2 is 1.96 bits per heavy atom. The molecular formula is C16H21F3N2O3. The molecule has 5 nitrogen and oxygen atoms in total. The molecule has 2 rings (SSSR count). The fourth-order valence-electron chi connectivity index (χ4n) is 2.52. The lowest BCUT2D eigenvalue weighted by molar-refractivity contribution is -0.153. The van der Waals surface area contributed by atoms with Crippen molar-refractivity contribution in [2.45, 2.75) is 25.1 Å². The molecule has 0 bridgehead atoms. The highest BCUT2D eigenvalue weighted by atomic mass is 19.4. The average molecular weight is 346 g/mol. The fourth-order valence-corrected chi connectivity index (χ4v) is 2.52. The molecule has 1 aliphatic rings. The molecule has 1 aromatic carbocycles. The second-order valence-electron chi connectivity index (χ2n) is 5.61. The minimum atomic E-state index is -4.43. The first-order valence-corrected chi connectivity index (χ1v) is 7.75. The molecule has 24 heavy (non-hydrogen) atoms. The van der Waals surface area contributed by atoms with Gasteiger partial charge < -0.3 is 19.7 Å². The first-order chi connectivity index (χ1) is 11.4. The van der Waals surface area contributed by atoms with Crippen molar-refractivity contribution in [3.8, 4) is 11.5 Å². The Morgan fingerprint density at radius 1 is 1.29 bits per heavy atom. The van der Waals surface area contributed by atoms with Crippen molar-refractivity contribution >= 4 is 5.91 Å². The molecule has 0 spiro atoms. The average Bonchev–Trinajstić information content (AvgIpc) is 2.58. The van der Waals surface area contributed by atoms with Gasteiger partial charge in [-0.25, -0.2) is 0 Å². The minimum Gasteiger partial charge on any atom is -0.480 e. The third-order valence-corrected chi connectivity index (χ3v) is 3.77. The monoisotopic (exact) mass is 346 g/mol. The van der Waals surface area contributed by atoms with Crippen molar-refractivity contribution in [2.24, 2.45) is 0 Å². The van der Waals surface area contributed by atoms with Crippen LogP contribution in [-0.2, 0) is 4.79 Å². The summed E-state index contributed by atoms with van der Waals surface area (Å²) in [6.07, 6.45) is -2.52. The van der Waals surface area contributed by atoms with Crippen LogP contribution in [0.2, 0.25) is 0 Å². The van der Waals surface area contributed by atoms with Crippen molar-refractivity contribution in [1.82, 2.24) is 10.2 Å². The van der Waals surface area contributed by atoms with E-state index < -0.39 is 12.8 Å². The number of likely N-dealkylation sites (N-methyl/N-ethyl adjacent to an activating group) is 1. The van der Waals surface area contributed by atoms with E-state index in [-0.39, 0.29) is 30.1 Å². The van der Waals surface area contributed by atoms with Crippen LogP contribution in [0, 0.1) is 0 Å². The Balaban J connectivity index is 1.90. The number of halogens is 3. The number of alkyl halides is 3. The van der Waals surface area contributed by atoms with Gasteiger partial charge in [-0.3, -0.25) is 4.79 Å². The summed E-state index contributed by atoms with van der Waals surface area (Å²) in [5, 5.41) is 3.14. The van der Waals surface area contributed by atoms with Crippen molar-refractivity contribution < 1.29 is 27.4 Å². The van der Waals surface area contributed by atoms with E-state index >= 15 is 0 Å². The first kappa shape index (κ1) is 18.4. The standard InChI is InChI=1S/C16H21F3N2O3/c1-20-12-5-4-8-21(9-12)15(22)10-23-13-6-2-3-7-14(13)24-11-16(17,18)19/h2-3,6-7,12,20H,4-5,8-11H2,1H3. The highest BCUT2D eigenvalue weighted by Crippen LogP contribution is 2.28. The number of para-hydroxylation sites is 2. The van der Waals surface area contributed by atoms with Gasteiger partial charge in [0.25, 0.3) is 5.91 Å². The third-order valence-electron chi connectivity index (χ3n) is 3.77. The maximum atomic E-state index is 12.3. The number of nitrogens with one attached hydrogen (secondary N) is 1. The summed E-state index contributed by atoms with van der Waals surface area (Å²) in [5.74, 6) is -0.104. The normalized spacial score (nSPS) is 18.3. The van der Waals surface area contributed by atoms with E-state index in [1.54, 1.807) is 17.0 Å². The number of nitrogens with zero attached hydrogens (tertiary/aromatic N) is 1. The molecule has 8 heteroatoms. The summed E-state index contributed by atoms with van der Waals surface area (Å²) >= 11 is 0. The van der Waals surface area contributed by atoms with Crippen molar-refractivity contribution in [2.75, 3.05) is 33.4 Å². The van der Waals surface area contributed by atoms with Gasteiger partial charge in [-0.2, -0.15) is 13.2 Å². The first-order valence-electron chi connectivity index (χ1n) is 7.75. The summed E-state index contributed by atoms with van der Waals surface area (Å²) in [6.45, 7) is -0.377. The zero-order chi connectivity index (χ0) is 17.6. The van der Waals surface area contributed by atoms with Crippen LogP contribution < -0.4 is 14.8 Å². The van der Waals surface area contributed by atoms with E-state index in [0.717, 1.165) is 12.8 Å². The van der Waals surface area contributed by atoms with E-state index in [4.69, 9.17) is 9.47 Å². The zero-order valence-corrected chi connectivity index (χ0v) is 13.4. The van der Waals surface area contributed by atoms with Crippen molar-refractivity contribution in [3.05, 3.63) is 24.3 Å². The van der Waals surface area contributed by atoms with Gasteiger partial charge >= 0.3 is 6.18 Å². The lowest BCUT2D eigenvalue weighted by Gasteiger charge is -2.32. The molecule has 1 heterocycles. The lowest BCUT2D eigenvalue weighted by Crippen LogP contribution is -2.48. The summed E-state index contributed by atoms with van der Waals surface area (Å²) < 4.78 is 46.9. The van der Waals surface area contributed by atoms with Crippen LogP contribution in [0.5, 0.6) is 11.5 Å². The number of hydrogen-bond donors (Lipinski definition) is 1. The SMILES string of the molecule is CNC1CCCN(C(=O)COc2ccccc2OCC(F)(F)F)C1. The molecule has 0 radical (unpaired) electrons. The van der Waals surface area contributed by atoms with Gasteiger partial charge in [0, 0.05) is 19.1 Å². The highest BCUT2D eigenvalue weighted by molar-refractivity contribution is 5.78. The lowest BCUT2D eigenvalue weighted by atomic mass is 10.1. The molecule has 1 aromatic rings. The molecular weight excluding hydrogens is 325 g/mol. The van der Waals surface area contributed by atoms with Crippen LogP contribution in [0.1, 0.15) is 12.8 Å². The topological polar surface area (TPSA) is 50.8 Å². The number of benzene rings is 1. The molecule has 0 aromatic heterocycles. The summed E-state index contributed by atoms with van der Waals surface area (Å²) in [5.41, 5.74) is 0. The highest BCUT2D eigenvalue weighted by Gasteiger charge is 2.29. The van der Waals surface area contributed by atoms with Crippen LogP contribution in [-0.4, -0.2) is 56.4 Å². The van der Waals surface area contributed by atoms with Crippen molar-refractivity contribution in [3.63, 3.8) is 0 Å². The molecule has 1 fully saturated rings. The molecule has 1 N–H and O–H groups in total. The van der Waals surface area contributed by atoms with Gasteiger partial charge in [-0.15, -0.1) is 0 Å². The maximum absolute atomic E-state index is 12.3. The van der Waals surface area contributed by atoms with Gasteiger partial charge in [0.2, 0.25) is 0 Å². The van der Waals surface area contributed by atoms with E-state index in [9.17, 15) is 18.0 Å². The number of carbonyl (C=O) groups is 1. The molecule has 0 aliphatic carbocycles. The predicted molar refractivity (Wildman–Crippen MR) is 82.1 cm³/mol. The molecule has 1 unspecified atom stereocenters. The van der Waals surface area contributed by atoms with Gasteiger partial charge in [-0.1, -0.05) is 12.1 Å². The van der Waals surface area contributed by atoms with Crippen molar-refractivity contribution in [1.29, 1.82) is 0 Å². The van der Waals surface area contributed by atoms with Crippen LogP contribution in [0.15, 0.2) is 24.3 Å². The Hall–Kier alpha value is -1.96. The quantitative estimate of drug-likeness (QED) is 0.858. The third kappa shape index (κ3) is 5.59. The number of piperidine rings is 1. The van der Waals surface area contributed by atoms with E-state index in [1.165, 1.54) is 12.1 Å². The van der Waals surface area contributed by atoms with Crippen LogP contribution in [0.25, 0.3) is 0 Å². The van der Waals surface area contributed by atoms with Crippen LogP contribution in [0.3, 0.4) is 0 Å². The Bertz CT molecular complexity index is 552. The summed E-state index contributed by atoms with van der Waals surface area (Å²) in [7, 11) is 1.85. The molecule has 1 atom stereocenters. The minimum absolute atomic E-state index is 0.0330. The van der Waals surface area contributed by atoms with Crippen LogP contribution in [0.4, 0.5) is 13.2 Å². The van der Waals surface area contributed by atoms with Crippen LogP contribution >= 0.6 is 0 Å². The molecule has 1 amide bonds. The van der Waals surface area contributed by atoms with Gasteiger partial charge in [0.05, 0.1) is 0 Å². The number of ether oxygens (including phenoxy) is 2. The van der Waals surface area contributed by atoms with E-state index in [1.807, 2.05) is 7.05 Å². The number of likely N-dealkylation sites (tertiary alicyclic amines) is 1.